The highest BCUT2D eigenvalue weighted by Gasteiger charge is 1.97. The van der Waals surface area contributed by atoms with Crippen LogP contribution in [0.1, 0.15) is 5.69 Å². The zero-order valence-corrected chi connectivity index (χ0v) is 8.29. The van der Waals surface area contributed by atoms with E-state index >= 15 is 0 Å². The maximum Gasteiger partial charge on any atom is 0.139 e. The second kappa shape index (κ2) is 4.06. The maximum atomic E-state index is 5.49. The number of anilines is 2. The molecule has 2 aromatic rings. The molecule has 0 aliphatic rings. The molecule has 0 fully saturated rings. The Morgan fingerprint density at radius 1 is 1.43 bits per heavy atom. The van der Waals surface area contributed by atoms with Gasteiger partial charge in [-0.3, -0.25) is 4.98 Å². The number of nitrogen functional groups attached to an aromatic ring is 1. The van der Waals surface area contributed by atoms with Gasteiger partial charge in [-0.15, -0.1) is 0 Å². The molecule has 0 aliphatic heterocycles. The summed E-state index contributed by atoms with van der Waals surface area (Å²) in [6.07, 6.45) is 1.78. The summed E-state index contributed by atoms with van der Waals surface area (Å²) in [5, 5.41) is 4.16. The van der Waals surface area contributed by atoms with Gasteiger partial charge >= 0.3 is 0 Å². The summed E-state index contributed by atoms with van der Waals surface area (Å²) in [6, 6.07) is 7.64. The molecule has 2 rings (SSSR count). The molecule has 5 heteroatoms. The molecule has 0 spiro atoms. The van der Waals surface area contributed by atoms with Crippen molar-refractivity contribution in [2.24, 2.45) is 0 Å². The van der Waals surface area contributed by atoms with Gasteiger partial charge in [0.1, 0.15) is 10.8 Å². The number of nitrogens with one attached hydrogen (secondary N) is 1. The van der Waals surface area contributed by atoms with Crippen molar-refractivity contribution < 1.29 is 0 Å². The Labute approximate surface area is 86.0 Å². The van der Waals surface area contributed by atoms with Crippen molar-refractivity contribution in [2.75, 3.05) is 11.1 Å². The second-order valence-corrected chi connectivity index (χ2v) is 3.60. The maximum absolute atomic E-state index is 5.49. The molecule has 0 aliphatic carbocycles. The quantitative estimate of drug-likeness (QED) is 0.802. The minimum atomic E-state index is 0.554. The van der Waals surface area contributed by atoms with E-state index in [2.05, 4.69) is 14.7 Å². The monoisotopic (exact) mass is 206 g/mol. The Hall–Kier alpha value is -1.62. The molecule has 0 aromatic carbocycles. The van der Waals surface area contributed by atoms with Crippen LogP contribution in [0.2, 0.25) is 0 Å². The van der Waals surface area contributed by atoms with E-state index in [0.29, 0.717) is 12.4 Å². The van der Waals surface area contributed by atoms with E-state index in [1.165, 1.54) is 11.5 Å². The number of hydrogen-bond donors (Lipinski definition) is 2. The fourth-order valence-corrected chi connectivity index (χ4v) is 1.62. The van der Waals surface area contributed by atoms with Gasteiger partial charge in [-0.25, -0.2) is 0 Å². The minimum Gasteiger partial charge on any atom is -0.383 e. The molecule has 14 heavy (non-hydrogen) atoms. The first-order chi connectivity index (χ1) is 6.84. The van der Waals surface area contributed by atoms with Gasteiger partial charge in [0.15, 0.2) is 0 Å². The van der Waals surface area contributed by atoms with Crippen molar-refractivity contribution in [2.45, 2.75) is 6.54 Å². The molecule has 0 amide bonds. The van der Waals surface area contributed by atoms with E-state index in [1.54, 1.807) is 6.20 Å². The van der Waals surface area contributed by atoms with Crippen LogP contribution in [0.5, 0.6) is 0 Å². The Bertz CT molecular complexity index is 398. The molecule has 0 saturated heterocycles. The molecular formula is C9H10N4S. The lowest BCUT2D eigenvalue weighted by Crippen LogP contribution is -1.99. The zero-order valence-electron chi connectivity index (χ0n) is 7.47. The third-order valence-electron chi connectivity index (χ3n) is 1.70. The van der Waals surface area contributed by atoms with Crippen LogP contribution < -0.4 is 11.1 Å². The molecule has 3 N–H and O–H groups in total. The lowest BCUT2D eigenvalue weighted by molar-refractivity contribution is 1.05. The summed E-state index contributed by atoms with van der Waals surface area (Å²) in [4.78, 5) is 4.19. The molecule has 0 bridgehead atoms. The number of rotatable bonds is 3. The fraction of sp³-hybridized carbons (Fsp3) is 0.111. The lowest BCUT2D eigenvalue weighted by Gasteiger charge is -2.00. The minimum absolute atomic E-state index is 0.554. The van der Waals surface area contributed by atoms with Crippen molar-refractivity contribution in [3.8, 4) is 0 Å². The third kappa shape index (κ3) is 2.20. The summed E-state index contributed by atoms with van der Waals surface area (Å²) >= 11 is 1.35. The molecule has 2 heterocycles. The van der Waals surface area contributed by atoms with Crippen molar-refractivity contribution in [1.29, 1.82) is 0 Å². The number of nitrogens with zero attached hydrogens (tertiary/aromatic N) is 2. The summed E-state index contributed by atoms with van der Waals surface area (Å²) in [6.45, 7) is 0.697. The highest BCUT2D eigenvalue weighted by Crippen LogP contribution is 2.17. The van der Waals surface area contributed by atoms with Crippen molar-refractivity contribution in [3.05, 3.63) is 36.2 Å². The van der Waals surface area contributed by atoms with Crippen LogP contribution in [0.15, 0.2) is 30.5 Å². The molecule has 4 nitrogen and oxygen atoms in total. The Kier molecular flexibility index (Phi) is 2.60. The Morgan fingerprint density at radius 3 is 3.00 bits per heavy atom. The van der Waals surface area contributed by atoms with E-state index in [-0.39, 0.29) is 0 Å². The summed E-state index contributed by atoms with van der Waals surface area (Å²) in [5.74, 6) is 0.554. The fourth-order valence-electron chi connectivity index (χ4n) is 1.05. The number of aromatic nitrogens is 2. The van der Waals surface area contributed by atoms with E-state index < -0.39 is 0 Å². The van der Waals surface area contributed by atoms with Crippen LogP contribution in [0.3, 0.4) is 0 Å². The predicted octanol–water partition coefficient (Wildman–Crippen LogP) is 1.73. The highest BCUT2D eigenvalue weighted by atomic mass is 32.1. The van der Waals surface area contributed by atoms with E-state index in [4.69, 9.17) is 5.73 Å². The SMILES string of the molecule is Nc1cc(NCc2ccccn2)sn1. The average molecular weight is 206 g/mol. The van der Waals surface area contributed by atoms with Crippen LogP contribution in [0.25, 0.3) is 0 Å². The second-order valence-electron chi connectivity index (χ2n) is 2.79. The summed E-state index contributed by atoms with van der Waals surface area (Å²) in [7, 11) is 0. The van der Waals surface area contributed by atoms with E-state index in [1.807, 2.05) is 24.3 Å². The van der Waals surface area contributed by atoms with Crippen LogP contribution >= 0.6 is 11.5 Å². The van der Waals surface area contributed by atoms with Gasteiger partial charge < -0.3 is 11.1 Å². The number of pyridine rings is 1. The van der Waals surface area contributed by atoms with E-state index in [9.17, 15) is 0 Å². The molecule has 0 atom stereocenters. The molecule has 0 unspecified atom stereocenters. The number of nitrogens with two attached hydrogens (primary N) is 1. The van der Waals surface area contributed by atoms with E-state index in [0.717, 1.165) is 10.7 Å². The van der Waals surface area contributed by atoms with Gasteiger partial charge in [0.05, 0.1) is 12.2 Å². The lowest BCUT2D eigenvalue weighted by atomic mass is 10.3. The molecule has 72 valence electrons. The van der Waals surface area contributed by atoms with Gasteiger partial charge in [0, 0.05) is 12.3 Å². The van der Waals surface area contributed by atoms with Crippen LogP contribution in [0.4, 0.5) is 10.8 Å². The average Bonchev–Trinajstić information content (AvgIpc) is 2.63. The molecular weight excluding hydrogens is 196 g/mol. The van der Waals surface area contributed by atoms with Gasteiger partial charge in [-0.1, -0.05) is 6.07 Å². The van der Waals surface area contributed by atoms with Gasteiger partial charge in [-0.05, 0) is 23.7 Å². The first-order valence-electron chi connectivity index (χ1n) is 4.20. The predicted molar refractivity (Wildman–Crippen MR) is 58.1 cm³/mol. The van der Waals surface area contributed by atoms with Crippen molar-refractivity contribution >= 4 is 22.4 Å². The van der Waals surface area contributed by atoms with Gasteiger partial charge in [-0.2, -0.15) is 4.37 Å². The highest BCUT2D eigenvalue weighted by molar-refractivity contribution is 7.10. The van der Waals surface area contributed by atoms with Crippen LogP contribution in [0, 0.1) is 0 Å². The third-order valence-corrected chi connectivity index (χ3v) is 2.46. The van der Waals surface area contributed by atoms with Gasteiger partial charge in [0.25, 0.3) is 0 Å². The topological polar surface area (TPSA) is 63.8 Å². The Morgan fingerprint density at radius 2 is 2.36 bits per heavy atom. The Balaban J connectivity index is 1.95. The molecule has 2 aromatic heterocycles. The smallest absolute Gasteiger partial charge is 0.139 e. The standard InChI is InChI=1S/C9H10N4S/c10-8-5-9(14-13-8)12-6-7-3-1-2-4-11-7/h1-5,12H,6H2,(H2,10,13). The largest absolute Gasteiger partial charge is 0.383 e. The summed E-state index contributed by atoms with van der Waals surface area (Å²) in [5.41, 5.74) is 6.49. The van der Waals surface area contributed by atoms with Crippen LogP contribution in [-0.2, 0) is 6.54 Å². The zero-order chi connectivity index (χ0) is 9.80. The van der Waals surface area contributed by atoms with Crippen LogP contribution in [-0.4, -0.2) is 9.36 Å². The first-order valence-corrected chi connectivity index (χ1v) is 4.98. The van der Waals surface area contributed by atoms with Crippen molar-refractivity contribution in [1.82, 2.24) is 9.36 Å². The first kappa shape index (κ1) is 8.96. The van der Waals surface area contributed by atoms with Crippen molar-refractivity contribution in [3.63, 3.8) is 0 Å². The number of hydrogen-bond acceptors (Lipinski definition) is 5. The summed E-state index contributed by atoms with van der Waals surface area (Å²) < 4.78 is 3.97. The molecule has 0 radical (unpaired) electrons. The normalized spacial score (nSPS) is 10.0. The molecule has 0 saturated carbocycles. The van der Waals surface area contributed by atoms with Gasteiger partial charge in [0.2, 0.25) is 0 Å².